The molecule has 2 N–H and O–H groups in total. The van der Waals surface area contributed by atoms with Crippen molar-refractivity contribution in [3.63, 3.8) is 0 Å². The van der Waals surface area contributed by atoms with Gasteiger partial charge in [-0.05, 0) is 31.0 Å². The SMILES string of the molecule is O=C(O)CC1CN(C(=O)c2cccc(NC(=O)C3CC3)c2)CCO1. The number of benzene rings is 1. The minimum Gasteiger partial charge on any atom is -0.481 e. The first-order chi connectivity index (χ1) is 11.5. The lowest BCUT2D eigenvalue weighted by atomic mass is 10.1. The number of nitrogens with zero attached hydrogens (tertiary/aromatic N) is 1. The molecule has 1 atom stereocenters. The van der Waals surface area contributed by atoms with Crippen LogP contribution in [0.3, 0.4) is 0 Å². The zero-order valence-electron chi connectivity index (χ0n) is 13.2. The van der Waals surface area contributed by atoms with Crippen molar-refractivity contribution >= 4 is 23.5 Å². The molecule has 7 nitrogen and oxygen atoms in total. The third kappa shape index (κ3) is 4.11. The zero-order valence-corrected chi connectivity index (χ0v) is 13.2. The lowest BCUT2D eigenvalue weighted by molar-refractivity contribution is -0.141. The Morgan fingerprint density at radius 1 is 1.29 bits per heavy atom. The molecule has 1 aromatic rings. The van der Waals surface area contributed by atoms with Gasteiger partial charge in [-0.15, -0.1) is 0 Å². The second-order valence-electron chi connectivity index (χ2n) is 6.19. The summed E-state index contributed by atoms with van der Waals surface area (Å²) in [5, 5.41) is 11.7. The maximum Gasteiger partial charge on any atom is 0.306 e. The van der Waals surface area contributed by atoms with Crippen LogP contribution in [0.15, 0.2) is 24.3 Å². The van der Waals surface area contributed by atoms with Crippen LogP contribution < -0.4 is 5.32 Å². The van der Waals surface area contributed by atoms with Crippen LogP contribution in [-0.2, 0) is 14.3 Å². The van der Waals surface area contributed by atoms with Gasteiger partial charge < -0.3 is 20.1 Å². The summed E-state index contributed by atoms with van der Waals surface area (Å²) in [4.78, 5) is 36.8. The molecule has 1 saturated heterocycles. The average Bonchev–Trinajstić information content (AvgIpc) is 3.39. The number of nitrogens with one attached hydrogen (secondary N) is 1. The molecule has 128 valence electrons. The molecule has 2 amide bonds. The molecular weight excluding hydrogens is 312 g/mol. The predicted molar refractivity (Wildman–Crippen MR) is 85.7 cm³/mol. The van der Waals surface area contributed by atoms with Crippen LogP contribution in [-0.4, -0.2) is 53.6 Å². The van der Waals surface area contributed by atoms with Crippen molar-refractivity contribution < 1.29 is 24.2 Å². The van der Waals surface area contributed by atoms with Crippen LogP contribution in [0.25, 0.3) is 0 Å². The lowest BCUT2D eigenvalue weighted by Crippen LogP contribution is -2.46. The molecule has 1 saturated carbocycles. The van der Waals surface area contributed by atoms with Gasteiger partial charge in [0.2, 0.25) is 5.91 Å². The minimum absolute atomic E-state index is 0.00695. The van der Waals surface area contributed by atoms with E-state index in [1.54, 1.807) is 29.2 Å². The van der Waals surface area contributed by atoms with Crippen molar-refractivity contribution in [1.29, 1.82) is 0 Å². The van der Waals surface area contributed by atoms with Crippen LogP contribution in [0, 0.1) is 5.92 Å². The van der Waals surface area contributed by atoms with Gasteiger partial charge in [0.1, 0.15) is 0 Å². The summed E-state index contributed by atoms with van der Waals surface area (Å²) in [6.45, 7) is 0.999. The van der Waals surface area contributed by atoms with E-state index in [-0.39, 0.29) is 30.7 Å². The second-order valence-corrected chi connectivity index (χ2v) is 6.19. The van der Waals surface area contributed by atoms with E-state index in [1.165, 1.54) is 0 Å². The van der Waals surface area contributed by atoms with Crippen molar-refractivity contribution in [1.82, 2.24) is 4.90 Å². The summed E-state index contributed by atoms with van der Waals surface area (Å²) in [6, 6.07) is 6.83. The molecule has 2 fully saturated rings. The largest absolute Gasteiger partial charge is 0.481 e. The fourth-order valence-electron chi connectivity index (χ4n) is 2.72. The Hall–Kier alpha value is -2.41. The Morgan fingerprint density at radius 3 is 2.79 bits per heavy atom. The molecule has 0 bridgehead atoms. The molecule has 1 aliphatic heterocycles. The quantitative estimate of drug-likeness (QED) is 0.848. The van der Waals surface area contributed by atoms with Gasteiger partial charge >= 0.3 is 5.97 Å². The van der Waals surface area contributed by atoms with E-state index in [0.717, 1.165) is 12.8 Å². The van der Waals surface area contributed by atoms with Crippen LogP contribution in [0.1, 0.15) is 29.6 Å². The van der Waals surface area contributed by atoms with E-state index < -0.39 is 12.1 Å². The van der Waals surface area contributed by atoms with Crippen molar-refractivity contribution in [3.05, 3.63) is 29.8 Å². The predicted octanol–water partition coefficient (Wildman–Crippen LogP) is 1.35. The highest BCUT2D eigenvalue weighted by molar-refractivity contribution is 5.98. The van der Waals surface area contributed by atoms with Crippen LogP contribution in [0.4, 0.5) is 5.69 Å². The highest BCUT2D eigenvalue weighted by atomic mass is 16.5. The average molecular weight is 332 g/mol. The number of carboxylic acids is 1. The molecule has 1 aliphatic carbocycles. The summed E-state index contributed by atoms with van der Waals surface area (Å²) >= 11 is 0. The number of hydrogen-bond donors (Lipinski definition) is 2. The number of carbonyl (C=O) groups excluding carboxylic acids is 2. The van der Waals surface area contributed by atoms with E-state index in [9.17, 15) is 14.4 Å². The lowest BCUT2D eigenvalue weighted by Gasteiger charge is -2.32. The minimum atomic E-state index is -0.945. The van der Waals surface area contributed by atoms with E-state index in [2.05, 4.69) is 5.32 Å². The van der Waals surface area contributed by atoms with E-state index in [4.69, 9.17) is 9.84 Å². The van der Waals surface area contributed by atoms with Gasteiger partial charge in [-0.25, -0.2) is 0 Å². The number of rotatable bonds is 5. The Balaban J connectivity index is 1.65. The smallest absolute Gasteiger partial charge is 0.306 e. The van der Waals surface area contributed by atoms with Gasteiger partial charge in [-0.2, -0.15) is 0 Å². The summed E-state index contributed by atoms with van der Waals surface area (Å²) in [5.74, 6) is -1.04. The van der Waals surface area contributed by atoms with Gasteiger partial charge in [0.25, 0.3) is 5.91 Å². The maximum atomic E-state index is 12.6. The zero-order chi connectivity index (χ0) is 17.1. The number of hydrogen-bond acceptors (Lipinski definition) is 4. The molecule has 24 heavy (non-hydrogen) atoms. The summed E-state index contributed by atoms with van der Waals surface area (Å²) in [7, 11) is 0. The van der Waals surface area contributed by atoms with Gasteiger partial charge in [0, 0.05) is 30.3 Å². The highest BCUT2D eigenvalue weighted by Crippen LogP contribution is 2.30. The van der Waals surface area contributed by atoms with Crippen molar-refractivity contribution in [2.75, 3.05) is 25.0 Å². The monoisotopic (exact) mass is 332 g/mol. The van der Waals surface area contributed by atoms with Crippen LogP contribution >= 0.6 is 0 Å². The van der Waals surface area contributed by atoms with Crippen molar-refractivity contribution in [2.24, 2.45) is 5.92 Å². The molecule has 7 heteroatoms. The second kappa shape index (κ2) is 7.00. The maximum absolute atomic E-state index is 12.6. The first-order valence-corrected chi connectivity index (χ1v) is 8.06. The van der Waals surface area contributed by atoms with Crippen LogP contribution in [0.5, 0.6) is 0 Å². The van der Waals surface area contributed by atoms with E-state index in [1.807, 2.05) is 0 Å². The Labute approximate surface area is 139 Å². The van der Waals surface area contributed by atoms with E-state index >= 15 is 0 Å². The topological polar surface area (TPSA) is 95.9 Å². The van der Waals surface area contributed by atoms with Gasteiger partial charge in [0.15, 0.2) is 0 Å². The molecule has 1 heterocycles. The molecule has 0 aromatic heterocycles. The number of carboxylic acid groups (broad SMARTS) is 1. The summed E-state index contributed by atoms with van der Waals surface area (Å²) < 4.78 is 5.38. The van der Waals surface area contributed by atoms with Gasteiger partial charge in [0.05, 0.1) is 19.1 Å². The molecule has 2 aliphatic rings. The third-order valence-corrected chi connectivity index (χ3v) is 4.15. The van der Waals surface area contributed by atoms with E-state index in [0.29, 0.717) is 24.4 Å². The van der Waals surface area contributed by atoms with Gasteiger partial charge in [-0.3, -0.25) is 14.4 Å². The molecule has 3 rings (SSSR count). The molecule has 0 radical (unpaired) electrons. The molecule has 1 aromatic carbocycles. The number of amides is 2. The Kier molecular flexibility index (Phi) is 4.80. The fourth-order valence-corrected chi connectivity index (χ4v) is 2.72. The van der Waals surface area contributed by atoms with Crippen LogP contribution in [0.2, 0.25) is 0 Å². The Bertz CT molecular complexity index is 656. The molecular formula is C17H20N2O5. The number of anilines is 1. The highest BCUT2D eigenvalue weighted by Gasteiger charge is 2.30. The molecule has 1 unspecified atom stereocenters. The normalized spacial score (nSPS) is 20.5. The number of morpholine rings is 1. The van der Waals surface area contributed by atoms with Crippen molar-refractivity contribution in [3.8, 4) is 0 Å². The summed E-state index contributed by atoms with van der Waals surface area (Å²) in [5.41, 5.74) is 1.08. The first-order valence-electron chi connectivity index (χ1n) is 8.06. The number of aliphatic carboxylic acids is 1. The Morgan fingerprint density at radius 2 is 2.08 bits per heavy atom. The van der Waals surface area contributed by atoms with Gasteiger partial charge in [-0.1, -0.05) is 6.07 Å². The van der Waals surface area contributed by atoms with Crippen molar-refractivity contribution in [2.45, 2.75) is 25.4 Å². The standard InChI is InChI=1S/C17H20N2O5/c20-15(21)9-14-10-19(6-7-24-14)17(23)12-2-1-3-13(8-12)18-16(22)11-4-5-11/h1-3,8,11,14H,4-7,9-10H2,(H,18,22)(H,20,21). The number of ether oxygens (including phenoxy) is 1. The number of carbonyl (C=O) groups is 3. The fraction of sp³-hybridized carbons (Fsp3) is 0.471. The first kappa shape index (κ1) is 16.4. The molecule has 0 spiro atoms. The third-order valence-electron chi connectivity index (χ3n) is 4.15. The summed E-state index contributed by atoms with van der Waals surface area (Å²) in [6.07, 6.45) is 1.23.